The lowest BCUT2D eigenvalue weighted by atomic mass is 10.2. The number of nitrogens with one attached hydrogen (secondary N) is 2. The summed E-state index contributed by atoms with van der Waals surface area (Å²) in [6.45, 7) is 8.82. The zero-order chi connectivity index (χ0) is 17.4. The first-order valence-electron chi connectivity index (χ1n) is 8.44. The molecule has 0 saturated carbocycles. The van der Waals surface area contributed by atoms with Crippen LogP contribution in [-0.4, -0.2) is 62.6 Å². The maximum absolute atomic E-state index is 12.3. The number of piperazine rings is 1. The molecule has 0 atom stereocenters. The number of nitrogens with zero attached hydrogens (tertiary/aromatic N) is 3. The average Bonchev–Trinajstić information content (AvgIpc) is 2.60. The van der Waals surface area contributed by atoms with Gasteiger partial charge in [0.15, 0.2) is 5.96 Å². The van der Waals surface area contributed by atoms with Gasteiger partial charge in [-0.1, -0.05) is 11.6 Å². The number of guanidine groups is 1. The summed E-state index contributed by atoms with van der Waals surface area (Å²) in [6.07, 6.45) is 0. The number of rotatable bonds is 5. The van der Waals surface area contributed by atoms with Crippen molar-refractivity contribution >= 4 is 53.1 Å². The third-order valence-corrected chi connectivity index (χ3v) is 4.14. The number of halogens is 2. The van der Waals surface area contributed by atoms with Crippen LogP contribution in [0.4, 0.5) is 5.69 Å². The Hall–Kier alpha value is -1.22. The molecule has 1 aromatic rings. The van der Waals surface area contributed by atoms with E-state index in [4.69, 9.17) is 11.6 Å². The zero-order valence-corrected chi connectivity index (χ0v) is 17.9. The van der Waals surface area contributed by atoms with Gasteiger partial charge in [-0.05, 0) is 38.1 Å². The Kier molecular flexibility index (Phi) is 9.96. The number of hydrogen-bond acceptors (Lipinski definition) is 3. The fourth-order valence-corrected chi connectivity index (χ4v) is 2.75. The summed E-state index contributed by atoms with van der Waals surface area (Å²) in [6, 6.07) is 7.82. The van der Waals surface area contributed by atoms with Crippen LogP contribution in [0.2, 0.25) is 5.02 Å². The summed E-state index contributed by atoms with van der Waals surface area (Å²) in [5.74, 6) is 0.757. The molecule has 2 N–H and O–H groups in total. The number of aliphatic imine (C=N–C) groups is 1. The van der Waals surface area contributed by atoms with Gasteiger partial charge in [0, 0.05) is 50.0 Å². The molecule has 0 spiro atoms. The van der Waals surface area contributed by atoms with E-state index in [0.29, 0.717) is 19.0 Å². The van der Waals surface area contributed by atoms with Gasteiger partial charge < -0.3 is 20.4 Å². The van der Waals surface area contributed by atoms with Gasteiger partial charge in [-0.3, -0.25) is 4.79 Å². The van der Waals surface area contributed by atoms with Crippen molar-refractivity contribution in [1.82, 2.24) is 15.5 Å². The topological polar surface area (TPSA) is 60.0 Å². The summed E-state index contributed by atoms with van der Waals surface area (Å²) in [4.78, 5) is 20.8. The lowest BCUT2D eigenvalue weighted by Gasteiger charge is -2.36. The van der Waals surface area contributed by atoms with Crippen LogP contribution in [0.1, 0.15) is 13.8 Å². The Balaban J connectivity index is 0.00000312. The van der Waals surface area contributed by atoms with Gasteiger partial charge in [0.25, 0.3) is 0 Å². The molecule has 0 unspecified atom stereocenters. The average molecular weight is 480 g/mol. The van der Waals surface area contributed by atoms with E-state index in [9.17, 15) is 4.79 Å². The Morgan fingerprint density at radius 3 is 2.16 bits per heavy atom. The molecule has 2 rings (SSSR count). The molecule has 1 amide bonds. The smallest absolute Gasteiger partial charge is 0.244 e. The standard InChI is InChI=1S/C17H26ClN5O.HI/c1-3-19-17(20-4-2)21-13-16(24)23-11-9-22(10-12-23)15-7-5-14(18)6-8-15;/h5-8H,3-4,9-13H2,1-2H3,(H2,19,20,21);1H. The number of anilines is 1. The first kappa shape index (κ1) is 21.8. The van der Waals surface area contributed by atoms with Gasteiger partial charge in [-0.25, -0.2) is 4.99 Å². The van der Waals surface area contributed by atoms with Crippen LogP contribution in [0.5, 0.6) is 0 Å². The Bertz CT molecular complexity index is 551. The lowest BCUT2D eigenvalue weighted by Crippen LogP contribution is -2.49. The number of carbonyl (C=O) groups excluding carboxylic acids is 1. The highest BCUT2D eigenvalue weighted by atomic mass is 127. The van der Waals surface area contributed by atoms with E-state index in [1.165, 1.54) is 0 Å². The molecule has 1 aromatic carbocycles. The van der Waals surface area contributed by atoms with Crippen LogP contribution >= 0.6 is 35.6 Å². The van der Waals surface area contributed by atoms with E-state index in [2.05, 4.69) is 20.5 Å². The minimum atomic E-state index is 0. The Morgan fingerprint density at radius 1 is 1.08 bits per heavy atom. The van der Waals surface area contributed by atoms with Crippen molar-refractivity contribution in [2.45, 2.75) is 13.8 Å². The maximum atomic E-state index is 12.3. The van der Waals surface area contributed by atoms with Crippen LogP contribution in [0.15, 0.2) is 29.3 Å². The zero-order valence-electron chi connectivity index (χ0n) is 14.8. The molecule has 1 heterocycles. The third-order valence-electron chi connectivity index (χ3n) is 3.89. The largest absolute Gasteiger partial charge is 0.368 e. The SMILES string of the molecule is CCNC(=NCC(=O)N1CCN(c2ccc(Cl)cc2)CC1)NCC.I. The number of hydrogen-bond donors (Lipinski definition) is 2. The second kappa shape index (κ2) is 11.4. The van der Waals surface area contributed by atoms with Crippen LogP contribution < -0.4 is 15.5 Å². The molecule has 140 valence electrons. The summed E-state index contributed by atoms with van der Waals surface area (Å²) in [7, 11) is 0. The van der Waals surface area contributed by atoms with Gasteiger partial charge in [0.05, 0.1) is 0 Å². The summed E-state index contributed by atoms with van der Waals surface area (Å²) in [5, 5.41) is 6.99. The molecule has 0 aromatic heterocycles. The summed E-state index contributed by atoms with van der Waals surface area (Å²) < 4.78 is 0. The summed E-state index contributed by atoms with van der Waals surface area (Å²) >= 11 is 5.93. The van der Waals surface area contributed by atoms with E-state index in [1.54, 1.807) is 0 Å². The summed E-state index contributed by atoms with van der Waals surface area (Å²) in [5.41, 5.74) is 1.14. The number of amides is 1. The van der Waals surface area contributed by atoms with E-state index >= 15 is 0 Å². The van der Waals surface area contributed by atoms with Gasteiger partial charge >= 0.3 is 0 Å². The van der Waals surface area contributed by atoms with E-state index < -0.39 is 0 Å². The molecular formula is C17H27ClIN5O. The highest BCUT2D eigenvalue weighted by Crippen LogP contribution is 2.19. The van der Waals surface area contributed by atoms with E-state index in [1.807, 2.05) is 43.0 Å². The Labute approximate surface area is 172 Å². The first-order chi connectivity index (χ1) is 11.6. The van der Waals surface area contributed by atoms with Gasteiger partial charge in [0.1, 0.15) is 6.54 Å². The highest BCUT2D eigenvalue weighted by molar-refractivity contribution is 14.0. The van der Waals surface area contributed by atoms with Crippen molar-refractivity contribution in [2.24, 2.45) is 4.99 Å². The monoisotopic (exact) mass is 479 g/mol. The molecular weight excluding hydrogens is 453 g/mol. The molecule has 8 heteroatoms. The van der Waals surface area contributed by atoms with Crippen LogP contribution in [0, 0.1) is 0 Å². The minimum absolute atomic E-state index is 0. The minimum Gasteiger partial charge on any atom is -0.368 e. The molecule has 1 saturated heterocycles. The predicted octanol–water partition coefficient (Wildman–Crippen LogP) is 2.18. The number of benzene rings is 1. The Morgan fingerprint density at radius 2 is 1.64 bits per heavy atom. The second-order valence-corrected chi connectivity index (χ2v) is 6.01. The van der Waals surface area contributed by atoms with Gasteiger partial charge in [-0.2, -0.15) is 0 Å². The van der Waals surface area contributed by atoms with Crippen molar-refractivity contribution in [2.75, 3.05) is 50.7 Å². The lowest BCUT2D eigenvalue weighted by molar-refractivity contribution is -0.129. The molecule has 0 bridgehead atoms. The van der Waals surface area contributed by atoms with Crippen molar-refractivity contribution in [1.29, 1.82) is 0 Å². The normalized spacial score (nSPS) is 13.7. The molecule has 1 fully saturated rings. The number of carbonyl (C=O) groups is 1. The maximum Gasteiger partial charge on any atom is 0.244 e. The molecule has 1 aliphatic heterocycles. The quantitative estimate of drug-likeness (QED) is 0.386. The molecule has 6 nitrogen and oxygen atoms in total. The molecule has 0 radical (unpaired) electrons. The van der Waals surface area contributed by atoms with E-state index in [0.717, 1.165) is 36.9 Å². The predicted molar refractivity (Wildman–Crippen MR) is 115 cm³/mol. The van der Waals surface area contributed by atoms with E-state index in [-0.39, 0.29) is 36.4 Å². The third kappa shape index (κ3) is 6.89. The fourth-order valence-electron chi connectivity index (χ4n) is 2.62. The second-order valence-electron chi connectivity index (χ2n) is 5.57. The van der Waals surface area contributed by atoms with Crippen LogP contribution in [0.25, 0.3) is 0 Å². The first-order valence-corrected chi connectivity index (χ1v) is 8.82. The van der Waals surface area contributed by atoms with Crippen molar-refractivity contribution in [3.63, 3.8) is 0 Å². The van der Waals surface area contributed by atoms with Crippen molar-refractivity contribution < 1.29 is 4.79 Å². The highest BCUT2D eigenvalue weighted by Gasteiger charge is 2.21. The van der Waals surface area contributed by atoms with Crippen LogP contribution in [-0.2, 0) is 4.79 Å². The fraction of sp³-hybridized carbons (Fsp3) is 0.529. The molecule has 1 aliphatic rings. The van der Waals surface area contributed by atoms with Gasteiger partial charge in [0.2, 0.25) is 5.91 Å². The van der Waals surface area contributed by atoms with Crippen LogP contribution in [0.3, 0.4) is 0 Å². The molecule has 0 aliphatic carbocycles. The van der Waals surface area contributed by atoms with Gasteiger partial charge in [-0.15, -0.1) is 24.0 Å². The van der Waals surface area contributed by atoms with Crippen molar-refractivity contribution in [3.05, 3.63) is 29.3 Å². The van der Waals surface area contributed by atoms with Crippen molar-refractivity contribution in [3.8, 4) is 0 Å². The molecule has 25 heavy (non-hydrogen) atoms.